The number of aromatic nitrogens is 3. The van der Waals surface area contributed by atoms with Gasteiger partial charge in [-0.3, -0.25) is 4.90 Å². The SMILES string of the molecule is FC(F)(F)C(c1nc(N(c2ccccc2)c2ccccc2)nc(C(C(F)(F)F)(C(F)(F)F)C(F)(F)F)n1)(C(F)(F)F)C(F)(F)F. The van der Waals surface area contributed by atoms with E-state index in [1.54, 1.807) is 0 Å². The lowest BCUT2D eigenvalue weighted by Crippen LogP contribution is -2.66. The summed E-state index contributed by atoms with van der Waals surface area (Å²) in [5.41, 5.74) is -16.4. The number of hydrogen-bond acceptors (Lipinski definition) is 4. The fourth-order valence-electron chi connectivity index (χ4n) is 4.06. The number of nitrogens with zero attached hydrogens (tertiary/aromatic N) is 4. The Bertz CT molecular complexity index is 1290. The zero-order valence-electron chi connectivity index (χ0n) is 20.9. The maximum Gasteiger partial charge on any atom is 0.419 e. The maximum atomic E-state index is 13.9. The second-order valence-electron chi connectivity index (χ2n) is 8.78. The number of alkyl halides is 18. The topological polar surface area (TPSA) is 41.9 Å². The predicted octanol–water partition coefficient (Wildman–Crippen LogP) is 9.19. The quantitative estimate of drug-likeness (QED) is 0.252. The van der Waals surface area contributed by atoms with Crippen molar-refractivity contribution in [2.75, 3.05) is 4.90 Å². The molecule has 0 amide bonds. The Morgan fingerprint density at radius 2 is 0.600 bits per heavy atom. The Hall–Kier alpha value is -4.01. The van der Waals surface area contributed by atoms with Gasteiger partial charge in [-0.25, -0.2) is 4.98 Å². The van der Waals surface area contributed by atoms with E-state index in [0.717, 1.165) is 48.5 Å². The van der Waals surface area contributed by atoms with Gasteiger partial charge in [0.25, 0.3) is 0 Å². The van der Waals surface area contributed by atoms with Crippen LogP contribution >= 0.6 is 0 Å². The molecule has 0 aliphatic heterocycles. The van der Waals surface area contributed by atoms with Crippen molar-refractivity contribution in [3.63, 3.8) is 0 Å². The minimum atomic E-state index is -7.78. The predicted molar refractivity (Wildman–Crippen MR) is 114 cm³/mol. The molecule has 1 aromatic heterocycles. The maximum absolute atomic E-state index is 13.9. The molecule has 0 saturated heterocycles. The molecule has 22 heteroatoms. The summed E-state index contributed by atoms with van der Waals surface area (Å²) in [6.07, 6.45) is -46.7. The van der Waals surface area contributed by atoms with Crippen LogP contribution in [0.2, 0.25) is 0 Å². The minimum Gasteiger partial charge on any atom is -0.279 e. The number of para-hydroxylation sites is 2. The second kappa shape index (κ2) is 10.8. The number of benzene rings is 2. The molecule has 4 nitrogen and oxygen atoms in total. The molecular formula is C23H10F18N4. The van der Waals surface area contributed by atoms with E-state index in [1.165, 1.54) is 17.1 Å². The molecule has 0 bridgehead atoms. The molecule has 3 rings (SSSR count). The van der Waals surface area contributed by atoms with E-state index in [1.807, 2.05) is 0 Å². The Kier molecular flexibility index (Phi) is 8.52. The highest BCUT2D eigenvalue weighted by Gasteiger charge is 2.89. The molecule has 0 aliphatic carbocycles. The van der Waals surface area contributed by atoms with Crippen LogP contribution in [-0.2, 0) is 10.8 Å². The summed E-state index contributed by atoms with van der Waals surface area (Å²) >= 11 is 0. The van der Waals surface area contributed by atoms with E-state index in [0.29, 0.717) is 0 Å². The summed E-state index contributed by atoms with van der Waals surface area (Å²) in [4.78, 5) is 6.21. The van der Waals surface area contributed by atoms with Gasteiger partial charge in [0.15, 0.2) is 11.6 Å². The van der Waals surface area contributed by atoms with Crippen molar-refractivity contribution in [3.05, 3.63) is 72.3 Å². The van der Waals surface area contributed by atoms with Crippen molar-refractivity contribution in [1.29, 1.82) is 0 Å². The first-order valence-electron chi connectivity index (χ1n) is 11.2. The Morgan fingerprint density at radius 3 is 0.822 bits per heavy atom. The van der Waals surface area contributed by atoms with Crippen LogP contribution in [0.3, 0.4) is 0 Å². The van der Waals surface area contributed by atoms with E-state index < -0.39 is 76.9 Å². The smallest absolute Gasteiger partial charge is 0.279 e. The van der Waals surface area contributed by atoms with Crippen molar-refractivity contribution in [2.45, 2.75) is 47.9 Å². The highest BCUT2D eigenvalue weighted by atomic mass is 19.4. The normalized spacial score (nSPS) is 14.4. The van der Waals surface area contributed by atoms with E-state index in [-0.39, 0.29) is 4.90 Å². The first kappa shape index (κ1) is 35.5. The average Bonchev–Trinajstić information content (AvgIpc) is 2.80. The molecule has 0 atom stereocenters. The molecule has 0 unspecified atom stereocenters. The molecule has 2 aromatic carbocycles. The van der Waals surface area contributed by atoms with Crippen LogP contribution in [0, 0.1) is 0 Å². The molecule has 0 N–H and O–H groups in total. The van der Waals surface area contributed by atoms with Crippen molar-refractivity contribution in [1.82, 2.24) is 15.0 Å². The lowest BCUT2D eigenvalue weighted by Gasteiger charge is -2.40. The molecule has 0 radical (unpaired) electrons. The number of halogens is 18. The van der Waals surface area contributed by atoms with Crippen LogP contribution in [0.15, 0.2) is 60.7 Å². The van der Waals surface area contributed by atoms with Gasteiger partial charge in [0.1, 0.15) is 0 Å². The van der Waals surface area contributed by atoms with Gasteiger partial charge in [-0.1, -0.05) is 36.4 Å². The van der Waals surface area contributed by atoms with E-state index in [2.05, 4.69) is 9.97 Å². The molecule has 0 spiro atoms. The molecule has 0 fully saturated rings. The Labute approximate surface area is 237 Å². The number of hydrogen-bond donors (Lipinski definition) is 0. The van der Waals surface area contributed by atoms with Gasteiger partial charge in [0.2, 0.25) is 5.95 Å². The zero-order chi connectivity index (χ0) is 34.7. The minimum absolute atomic E-state index is 0.0104. The van der Waals surface area contributed by atoms with Gasteiger partial charge in [-0.2, -0.15) is 89.0 Å². The molecule has 45 heavy (non-hydrogen) atoms. The highest BCUT2D eigenvalue weighted by molar-refractivity contribution is 5.72. The third kappa shape index (κ3) is 5.55. The van der Waals surface area contributed by atoms with Crippen LogP contribution in [0.4, 0.5) is 96.4 Å². The first-order valence-corrected chi connectivity index (χ1v) is 11.2. The zero-order valence-corrected chi connectivity index (χ0v) is 20.9. The Morgan fingerprint density at radius 1 is 0.356 bits per heavy atom. The van der Waals surface area contributed by atoms with Crippen molar-refractivity contribution < 1.29 is 79.0 Å². The molecule has 1 heterocycles. The van der Waals surface area contributed by atoms with Gasteiger partial charge in [0.05, 0.1) is 0 Å². The van der Waals surface area contributed by atoms with E-state index >= 15 is 0 Å². The van der Waals surface area contributed by atoms with Gasteiger partial charge >= 0.3 is 47.9 Å². The highest BCUT2D eigenvalue weighted by Crippen LogP contribution is 2.62. The molecule has 0 aliphatic rings. The summed E-state index contributed by atoms with van der Waals surface area (Å²) in [5.74, 6) is -10.3. The third-order valence-electron chi connectivity index (χ3n) is 6.07. The summed E-state index contributed by atoms with van der Waals surface area (Å²) in [6, 6.07) is 9.60. The van der Waals surface area contributed by atoms with Crippen LogP contribution < -0.4 is 4.90 Å². The molecule has 3 aromatic rings. The van der Waals surface area contributed by atoms with Gasteiger partial charge < -0.3 is 0 Å². The standard InChI is InChI=1S/C23H10F18N4/c24-18(25,26)16(19(27,28)29,20(30,31)32)13-42-14(17(21(33,34)35,22(36,37)38)23(39,40)41)44-15(43-13)45(11-7-3-1-4-8-11)12-9-5-2-6-10-12/h1-10H. The fraction of sp³-hybridized carbons (Fsp3) is 0.348. The van der Waals surface area contributed by atoms with Crippen LogP contribution in [0.5, 0.6) is 0 Å². The first-order chi connectivity index (χ1) is 20.2. The lowest BCUT2D eigenvalue weighted by atomic mass is 9.82. The summed E-state index contributed by atoms with van der Waals surface area (Å²) < 4.78 is 251. The molecule has 0 saturated carbocycles. The summed E-state index contributed by atoms with van der Waals surface area (Å²) in [5, 5.41) is 0. The Balaban J connectivity index is 2.77. The van der Waals surface area contributed by atoms with E-state index in [4.69, 9.17) is 0 Å². The number of anilines is 3. The van der Waals surface area contributed by atoms with Crippen LogP contribution in [0.1, 0.15) is 11.6 Å². The van der Waals surface area contributed by atoms with Gasteiger partial charge in [-0.05, 0) is 24.3 Å². The monoisotopic (exact) mass is 684 g/mol. The molecule has 248 valence electrons. The van der Waals surface area contributed by atoms with E-state index in [9.17, 15) is 79.0 Å². The third-order valence-corrected chi connectivity index (χ3v) is 6.07. The van der Waals surface area contributed by atoms with Crippen LogP contribution in [-0.4, -0.2) is 52.0 Å². The lowest BCUT2D eigenvalue weighted by molar-refractivity contribution is -0.391. The van der Waals surface area contributed by atoms with Crippen molar-refractivity contribution in [3.8, 4) is 0 Å². The second-order valence-corrected chi connectivity index (χ2v) is 8.78. The largest absolute Gasteiger partial charge is 0.419 e. The fourth-order valence-corrected chi connectivity index (χ4v) is 4.06. The summed E-state index contributed by atoms with van der Waals surface area (Å²) in [7, 11) is 0. The van der Waals surface area contributed by atoms with Crippen molar-refractivity contribution in [2.24, 2.45) is 0 Å². The molecular weight excluding hydrogens is 674 g/mol. The van der Waals surface area contributed by atoms with Gasteiger partial charge in [0, 0.05) is 11.4 Å². The van der Waals surface area contributed by atoms with Gasteiger partial charge in [-0.15, -0.1) is 0 Å². The van der Waals surface area contributed by atoms with Crippen molar-refractivity contribution >= 4 is 17.3 Å². The van der Waals surface area contributed by atoms with Crippen LogP contribution in [0.25, 0.3) is 0 Å². The average molecular weight is 684 g/mol. The number of rotatable bonds is 5. The summed E-state index contributed by atoms with van der Waals surface area (Å²) in [6.45, 7) is 0.